The molecule has 3 nitrogen and oxygen atoms in total. The number of thiophene rings is 1. The molecule has 90 valence electrons. The van der Waals surface area contributed by atoms with E-state index in [4.69, 9.17) is 11.6 Å². The second kappa shape index (κ2) is 4.92. The Hall–Kier alpha value is -0.650. The Kier molecular flexibility index (Phi) is 3.70. The van der Waals surface area contributed by atoms with Crippen LogP contribution < -0.4 is 0 Å². The quantitative estimate of drug-likeness (QED) is 0.804. The molecule has 0 saturated heterocycles. The van der Waals surface area contributed by atoms with Gasteiger partial charge in [-0.1, -0.05) is 11.6 Å². The summed E-state index contributed by atoms with van der Waals surface area (Å²) in [7, 11) is 1.80. The predicted molar refractivity (Wildman–Crippen MR) is 73.0 cm³/mol. The molecule has 2 rings (SSSR count). The Bertz CT molecular complexity index is 576. The molecule has 2 aromatic heterocycles. The maximum atomic E-state index is 12.1. The number of ketones is 1. The first kappa shape index (κ1) is 12.8. The van der Waals surface area contributed by atoms with Crippen molar-refractivity contribution in [3.8, 4) is 0 Å². The van der Waals surface area contributed by atoms with Gasteiger partial charge in [0.2, 0.25) is 0 Å². The van der Waals surface area contributed by atoms with Crippen LogP contribution >= 0.6 is 38.9 Å². The number of aromatic nitrogens is 2. The maximum Gasteiger partial charge on any atom is 0.179 e. The van der Waals surface area contributed by atoms with Gasteiger partial charge in [-0.05, 0) is 34.3 Å². The molecule has 0 bridgehead atoms. The number of Topliss-reactive ketones (excluding diaryl/α,β-unsaturated/α-hetero) is 1. The van der Waals surface area contributed by atoms with Crippen molar-refractivity contribution in [2.45, 2.75) is 13.3 Å². The van der Waals surface area contributed by atoms with E-state index in [2.05, 4.69) is 21.0 Å². The Morgan fingerprint density at radius 1 is 1.65 bits per heavy atom. The topological polar surface area (TPSA) is 34.9 Å². The molecule has 0 aliphatic carbocycles. The third-order valence-corrected chi connectivity index (χ3v) is 4.83. The Balaban J connectivity index is 2.28. The molecule has 2 heterocycles. The van der Waals surface area contributed by atoms with Crippen molar-refractivity contribution in [3.05, 3.63) is 37.2 Å². The first-order valence-corrected chi connectivity index (χ1v) is 7.00. The lowest BCUT2D eigenvalue weighted by atomic mass is 10.2. The molecule has 0 aliphatic heterocycles. The van der Waals surface area contributed by atoms with Crippen LogP contribution in [0.5, 0.6) is 0 Å². The van der Waals surface area contributed by atoms with Crippen LogP contribution in [0.4, 0.5) is 0 Å². The molecule has 2 aromatic rings. The minimum absolute atomic E-state index is 0.0526. The van der Waals surface area contributed by atoms with Crippen LogP contribution in [0.3, 0.4) is 0 Å². The minimum Gasteiger partial charge on any atom is -0.293 e. The van der Waals surface area contributed by atoms with Crippen molar-refractivity contribution in [2.75, 3.05) is 0 Å². The van der Waals surface area contributed by atoms with E-state index in [0.29, 0.717) is 5.02 Å². The van der Waals surface area contributed by atoms with E-state index in [1.54, 1.807) is 11.7 Å². The average Bonchev–Trinajstić information content (AvgIpc) is 2.78. The molecule has 0 spiro atoms. The molecule has 17 heavy (non-hydrogen) atoms. The van der Waals surface area contributed by atoms with E-state index in [1.165, 1.54) is 11.3 Å². The lowest BCUT2D eigenvalue weighted by Crippen LogP contribution is -2.07. The SMILES string of the molecule is Cc1nn(C)c(CC(=O)c2sccc2Br)c1Cl. The van der Waals surface area contributed by atoms with Crippen molar-refractivity contribution >= 4 is 44.7 Å². The van der Waals surface area contributed by atoms with Gasteiger partial charge in [-0.25, -0.2) is 0 Å². The lowest BCUT2D eigenvalue weighted by Gasteiger charge is -2.01. The second-order valence-corrected chi connectivity index (χ2v) is 5.82. The fraction of sp³-hybridized carbons (Fsp3) is 0.273. The molecule has 0 aliphatic rings. The molecule has 0 atom stereocenters. The molecular weight excluding hydrogens is 324 g/mol. The van der Waals surface area contributed by atoms with E-state index < -0.39 is 0 Å². The third kappa shape index (κ3) is 2.46. The molecule has 0 N–H and O–H groups in total. The van der Waals surface area contributed by atoms with Crippen LogP contribution in [-0.2, 0) is 13.5 Å². The van der Waals surface area contributed by atoms with Gasteiger partial charge in [0.15, 0.2) is 5.78 Å². The summed E-state index contributed by atoms with van der Waals surface area (Å²) in [6, 6.07) is 1.87. The number of hydrogen-bond donors (Lipinski definition) is 0. The summed E-state index contributed by atoms with van der Waals surface area (Å²) < 4.78 is 2.50. The highest BCUT2D eigenvalue weighted by atomic mass is 79.9. The number of nitrogens with zero attached hydrogens (tertiary/aromatic N) is 2. The predicted octanol–water partition coefficient (Wildman–Crippen LogP) is 3.63. The van der Waals surface area contributed by atoms with Crippen LogP contribution in [0.15, 0.2) is 15.9 Å². The molecular formula is C11H10BrClN2OS. The first-order valence-electron chi connectivity index (χ1n) is 4.95. The van der Waals surface area contributed by atoms with E-state index in [1.807, 2.05) is 18.4 Å². The summed E-state index contributed by atoms with van der Waals surface area (Å²) in [5.74, 6) is 0.0526. The number of halogens is 2. The average molecular weight is 334 g/mol. The van der Waals surface area contributed by atoms with Crippen molar-refractivity contribution in [1.29, 1.82) is 0 Å². The van der Waals surface area contributed by atoms with Crippen LogP contribution in [0.2, 0.25) is 5.02 Å². The highest BCUT2D eigenvalue weighted by molar-refractivity contribution is 9.10. The zero-order valence-corrected chi connectivity index (χ0v) is 12.5. The van der Waals surface area contributed by atoms with Crippen LogP contribution in [-0.4, -0.2) is 15.6 Å². The lowest BCUT2D eigenvalue weighted by molar-refractivity contribution is 0.0994. The normalized spacial score (nSPS) is 10.8. The van der Waals surface area contributed by atoms with Gasteiger partial charge >= 0.3 is 0 Å². The molecule has 0 unspecified atom stereocenters. The van der Waals surface area contributed by atoms with E-state index >= 15 is 0 Å². The Morgan fingerprint density at radius 2 is 2.35 bits per heavy atom. The summed E-state index contributed by atoms with van der Waals surface area (Å²) in [4.78, 5) is 12.8. The number of hydrogen-bond acceptors (Lipinski definition) is 3. The molecule has 0 radical (unpaired) electrons. The largest absolute Gasteiger partial charge is 0.293 e. The standard InChI is InChI=1S/C11H10BrClN2OS/c1-6-10(13)8(15(2)14-6)5-9(16)11-7(12)3-4-17-11/h3-4H,5H2,1-2H3. The fourth-order valence-electron chi connectivity index (χ4n) is 1.60. The van der Waals surface area contributed by atoms with E-state index in [9.17, 15) is 4.79 Å². The summed E-state index contributed by atoms with van der Waals surface area (Å²) in [6.07, 6.45) is 0.273. The Morgan fingerprint density at radius 3 is 2.82 bits per heavy atom. The van der Waals surface area contributed by atoms with Crippen molar-refractivity contribution in [2.24, 2.45) is 7.05 Å². The van der Waals surface area contributed by atoms with Crippen LogP contribution in [0.1, 0.15) is 21.1 Å². The van der Waals surface area contributed by atoms with Gasteiger partial charge in [-0.15, -0.1) is 11.3 Å². The smallest absolute Gasteiger partial charge is 0.179 e. The van der Waals surface area contributed by atoms with Gasteiger partial charge < -0.3 is 0 Å². The second-order valence-electron chi connectivity index (χ2n) is 3.67. The highest BCUT2D eigenvalue weighted by Crippen LogP contribution is 2.26. The summed E-state index contributed by atoms with van der Waals surface area (Å²) in [5.41, 5.74) is 1.51. The van der Waals surface area contributed by atoms with Gasteiger partial charge in [-0.2, -0.15) is 5.10 Å². The molecule has 0 fully saturated rings. The molecule has 0 aromatic carbocycles. The minimum atomic E-state index is 0.0526. The highest BCUT2D eigenvalue weighted by Gasteiger charge is 2.18. The van der Waals surface area contributed by atoms with Crippen molar-refractivity contribution < 1.29 is 4.79 Å². The van der Waals surface area contributed by atoms with E-state index in [-0.39, 0.29) is 12.2 Å². The fourth-order valence-corrected chi connectivity index (χ4v) is 3.36. The number of carbonyl (C=O) groups is 1. The van der Waals surface area contributed by atoms with Crippen LogP contribution in [0, 0.1) is 6.92 Å². The number of aryl methyl sites for hydroxylation is 2. The maximum absolute atomic E-state index is 12.1. The number of carbonyl (C=O) groups excluding carboxylic acids is 1. The summed E-state index contributed by atoms with van der Waals surface area (Å²) in [5, 5.41) is 6.65. The van der Waals surface area contributed by atoms with Gasteiger partial charge in [0.05, 0.1) is 27.7 Å². The van der Waals surface area contributed by atoms with Gasteiger partial charge in [0, 0.05) is 11.5 Å². The van der Waals surface area contributed by atoms with Gasteiger partial charge in [0.25, 0.3) is 0 Å². The van der Waals surface area contributed by atoms with Crippen molar-refractivity contribution in [1.82, 2.24) is 9.78 Å². The monoisotopic (exact) mass is 332 g/mol. The van der Waals surface area contributed by atoms with Crippen LogP contribution in [0.25, 0.3) is 0 Å². The van der Waals surface area contributed by atoms with Gasteiger partial charge in [-0.3, -0.25) is 9.48 Å². The first-order chi connectivity index (χ1) is 8.00. The third-order valence-electron chi connectivity index (χ3n) is 2.46. The molecule has 0 saturated carbocycles. The van der Waals surface area contributed by atoms with E-state index in [0.717, 1.165) is 20.7 Å². The van der Waals surface area contributed by atoms with Gasteiger partial charge in [0.1, 0.15) is 0 Å². The summed E-state index contributed by atoms with van der Waals surface area (Å²) >= 11 is 10.9. The zero-order chi connectivity index (χ0) is 12.6. The molecule has 0 amide bonds. The molecule has 6 heteroatoms. The zero-order valence-electron chi connectivity index (χ0n) is 9.33. The number of rotatable bonds is 3. The van der Waals surface area contributed by atoms with Crippen molar-refractivity contribution in [3.63, 3.8) is 0 Å². The Labute approximate surface area is 117 Å². The summed E-state index contributed by atoms with van der Waals surface area (Å²) in [6.45, 7) is 1.83.